The first-order valence-corrected chi connectivity index (χ1v) is 10.0. The van der Waals surface area contributed by atoms with E-state index in [4.69, 9.17) is 4.74 Å². The summed E-state index contributed by atoms with van der Waals surface area (Å²) in [7, 11) is 0. The Morgan fingerprint density at radius 3 is 2.40 bits per heavy atom. The van der Waals surface area contributed by atoms with Gasteiger partial charge in [-0.25, -0.2) is 4.90 Å². The van der Waals surface area contributed by atoms with E-state index in [9.17, 15) is 19.2 Å². The van der Waals surface area contributed by atoms with Crippen molar-refractivity contribution >= 4 is 29.4 Å². The number of likely N-dealkylation sites (tertiary alicyclic amines) is 1. The van der Waals surface area contributed by atoms with Gasteiger partial charge in [-0.15, -0.1) is 0 Å². The summed E-state index contributed by atoms with van der Waals surface area (Å²) in [4.78, 5) is 53.3. The van der Waals surface area contributed by atoms with Crippen LogP contribution in [0.4, 0.5) is 5.69 Å². The smallest absolute Gasteiger partial charge is 0.310 e. The Hall–Kier alpha value is -3.48. The molecule has 1 atom stereocenters. The molecule has 0 N–H and O–H groups in total. The van der Waals surface area contributed by atoms with E-state index >= 15 is 0 Å². The largest absolute Gasteiger partial charge is 0.466 e. The molecule has 0 unspecified atom stereocenters. The monoisotopic (exact) mass is 406 g/mol. The molecule has 30 heavy (non-hydrogen) atoms. The number of piperidine rings is 1. The number of nitrogens with zero attached hydrogens (tertiary/aromatic N) is 2. The van der Waals surface area contributed by atoms with Crippen LogP contribution >= 0.6 is 0 Å². The first-order chi connectivity index (χ1) is 14.5. The van der Waals surface area contributed by atoms with Gasteiger partial charge in [0.1, 0.15) is 0 Å². The molecule has 4 rings (SSSR count). The van der Waals surface area contributed by atoms with Crippen molar-refractivity contribution in [3.05, 3.63) is 65.2 Å². The van der Waals surface area contributed by atoms with E-state index in [0.717, 1.165) is 4.90 Å². The van der Waals surface area contributed by atoms with Crippen molar-refractivity contribution in [1.29, 1.82) is 0 Å². The minimum absolute atomic E-state index is 0.234. The van der Waals surface area contributed by atoms with Gasteiger partial charge in [0.25, 0.3) is 17.7 Å². The molecule has 0 radical (unpaired) electrons. The van der Waals surface area contributed by atoms with Crippen LogP contribution in [0.1, 0.15) is 50.8 Å². The highest BCUT2D eigenvalue weighted by atomic mass is 16.5. The van der Waals surface area contributed by atoms with Crippen LogP contribution < -0.4 is 4.90 Å². The second-order valence-electron chi connectivity index (χ2n) is 7.38. The molecule has 0 bridgehead atoms. The number of carbonyl (C=O) groups excluding carboxylic acids is 4. The number of rotatable bonds is 4. The number of imide groups is 1. The number of hydrogen-bond donors (Lipinski definition) is 0. The summed E-state index contributed by atoms with van der Waals surface area (Å²) in [5.74, 6) is -1.65. The number of anilines is 1. The molecule has 2 aromatic carbocycles. The number of esters is 1. The van der Waals surface area contributed by atoms with Crippen molar-refractivity contribution in [1.82, 2.24) is 4.90 Å². The molecule has 0 aliphatic carbocycles. The van der Waals surface area contributed by atoms with Gasteiger partial charge in [0.2, 0.25) is 0 Å². The normalized spacial score (nSPS) is 18.4. The first kappa shape index (κ1) is 19.8. The Kier molecular flexibility index (Phi) is 5.35. The van der Waals surface area contributed by atoms with E-state index in [2.05, 4.69) is 0 Å². The zero-order chi connectivity index (χ0) is 21.3. The SMILES string of the molecule is CCOC(=O)[C@H]1CCCN(C(=O)c2cccc(N3C(=O)c4ccccc4C3=O)c2)C1. The predicted octanol–water partition coefficient (Wildman–Crippen LogP) is 2.90. The molecule has 0 saturated carbocycles. The van der Waals surface area contributed by atoms with E-state index in [0.29, 0.717) is 54.9 Å². The summed E-state index contributed by atoms with van der Waals surface area (Å²) in [6.07, 6.45) is 1.41. The maximum Gasteiger partial charge on any atom is 0.310 e. The van der Waals surface area contributed by atoms with E-state index in [-0.39, 0.29) is 17.8 Å². The molecule has 7 heteroatoms. The van der Waals surface area contributed by atoms with Gasteiger partial charge in [-0.2, -0.15) is 0 Å². The molecule has 1 saturated heterocycles. The van der Waals surface area contributed by atoms with Crippen molar-refractivity contribution in [2.45, 2.75) is 19.8 Å². The standard InChI is InChI=1S/C23H22N2O5/c1-2-30-23(29)16-8-6-12-24(14-16)20(26)15-7-5-9-17(13-15)25-21(27)18-10-3-4-11-19(18)22(25)28/h3-5,7,9-11,13,16H,2,6,8,12,14H2,1H3/t16-/m0/s1. The average molecular weight is 406 g/mol. The number of benzene rings is 2. The lowest BCUT2D eigenvalue weighted by atomic mass is 9.97. The van der Waals surface area contributed by atoms with Crippen molar-refractivity contribution in [2.24, 2.45) is 5.92 Å². The van der Waals surface area contributed by atoms with Crippen LogP contribution in [0, 0.1) is 5.92 Å². The Labute approximate surface area is 174 Å². The van der Waals surface area contributed by atoms with Gasteiger partial charge in [0, 0.05) is 18.7 Å². The van der Waals surface area contributed by atoms with Crippen molar-refractivity contribution in [3.8, 4) is 0 Å². The maximum absolute atomic E-state index is 13.1. The summed E-state index contributed by atoms with van der Waals surface area (Å²) in [5.41, 5.74) is 1.43. The molecular weight excluding hydrogens is 384 g/mol. The predicted molar refractivity (Wildman–Crippen MR) is 109 cm³/mol. The molecule has 154 valence electrons. The molecule has 2 aliphatic heterocycles. The Balaban J connectivity index is 1.55. The van der Waals surface area contributed by atoms with Crippen LogP contribution in [-0.2, 0) is 9.53 Å². The third kappa shape index (κ3) is 3.47. The van der Waals surface area contributed by atoms with Crippen LogP contribution in [0.25, 0.3) is 0 Å². The summed E-state index contributed by atoms with van der Waals surface area (Å²) < 4.78 is 5.10. The lowest BCUT2D eigenvalue weighted by Crippen LogP contribution is -2.42. The van der Waals surface area contributed by atoms with Gasteiger partial charge in [-0.05, 0) is 50.1 Å². The Morgan fingerprint density at radius 2 is 1.73 bits per heavy atom. The lowest BCUT2D eigenvalue weighted by molar-refractivity contribution is -0.149. The molecule has 3 amide bonds. The van der Waals surface area contributed by atoms with Gasteiger partial charge in [0.15, 0.2) is 0 Å². The van der Waals surface area contributed by atoms with E-state index in [1.54, 1.807) is 60.4 Å². The highest BCUT2D eigenvalue weighted by molar-refractivity contribution is 6.34. The van der Waals surface area contributed by atoms with E-state index < -0.39 is 11.8 Å². The summed E-state index contributed by atoms with van der Waals surface area (Å²) in [6, 6.07) is 13.2. The molecule has 0 spiro atoms. The van der Waals surface area contributed by atoms with Gasteiger partial charge in [0.05, 0.1) is 29.3 Å². The van der Waals surface area contributed by atoms with Crippen LogP contribution in [0.5, 0.6) is 0 Å². The van der Waals surface area contributed by atoms with Crippen LogP contribution in [0.2, 0.25) is 0 Å². The van der Waals surface area contributed by atoms with E-state index in [1.807, 2.05) is 0 Å². The van der Waals surface area contributed by atoms with Gasteiger partial charge < -0.3 is 9.64 Å². The molecule has 0 aromatic heterocycles. The number of carbonyl (C=O) groups is 4. The minimum Gasteiger partial charge on any atom is -0.466 e. The zero-order valence-electron chi connectivity index (χ0n) is 16.7. The second-order valence-corrected chi connectivity index (χ2v) is 7.38. The summed E-state index contributed by atoms with van der Waals surface area (Å²) >= 11 is 0. The molecule has 1 fully saturated rings. The molecular formula is C23H22N2O5. The summed E-state index contributed by atoms with van der Waals surface area (Å²) in [5, 5.41) is 0. The first-order valence-electron chi connectivity index (χ1n) is 10.0. The fraction of sp³-hybridized carbons (Fsp3) is 0.304. The molecule has 2 heterocycles. The Morgan fingerprint density at radius 1 is 1.03 bits per heavy atom. The fourth-order valence-electron chi connectivity index (χ4n) is 4.00. The van der Waals surface area contributed by atoms with Crippen molar-refractivity contribution in [2.75, 3.05) is 24.6 Å². The number of hydrogen-bond acceptors (Lipinski definition) is 5. The minimum atomic E-state index is -0.402. The maximum atomic E-state index is 13.1. The quantitative estimate of drug-likeness (QED) is 0.576. The highest BCUT2D eigenvalue weighted by Crippen LogP contribution is 2.29. The van der Waals surface area contributed by atoms with Gasteiger partial charge >= 0.3 is 5.97 Å². The Bertz CT molecular complexity index is 997. The van der Waals surface area contributed by atoms with Crippen LogP contribution in [-0.4, -0.2) is 48.3 Å². The topological polar surface area (TPSA) is 84.0 Å². The molecule has 2 aliphatic rings. The van der Waals surface area contributed by atoms with Crippen LogP contribution in [0.15, 0.2) is 48.5 Å². The second kappa shape index (κ2) is 8.10. The number of ether oxygens (including phenoxy) is 1. The van der Waals surface area contributed by atoms with E-state index in [1.165, 1.54) is 0 Å². The zero-order valence-corrected chi connectivity index (χ0v) is 16.7. The third-order valence-electron chi connectivity index (χ3n) is 5.47. The van der Waals surface area contributed by atoms with Crippen molar-refractivity contribution < 1.29 is 23.9 Å². The highest BCUT2D eigenvalue weighted by Gasteiger charge is 2.37. The summed E-state index contributed by atoms with van der Waals surface area (Å²) in [6.45, 7) is 2.92. The average Bonchev–Trinajstić information content (AvgIpc) is 3.04. The number of fused-ring (bicyclic) bond motifs is 1. The third-order valence-corrected chi connectivity index (χ3v) is 5.47. The lowest BCUT2D eigenvalue weighted by Gasteiger charge is -2.31. The van der Waals surface area contributed by atoms with Crippen LogP contribution in [0.3, 0.4) is 0 Å². The molecule has 2 aromatic rings. The van der Waals surface area contributed by atoms with Crippen molar-refractivity contribution in [3.63, 3.8) is 0 Å². The number of amides is 3. The molecule has 7 nitrogen and oxygen atoms in total. The van der Waals surface area contributed by atoms with Gasteiger partial charge in [-0.3, -0.25) is 19.2 Å². The van der Waals surface area contributed by atoms with Gasteiger partial charge in [-0.1, -0.05) is 18.2 Å². The fourth-order valence-corrected chi connectivity index (χ4v) is 4.00.